The van der Waals surface area contributed by atoms with Crippen LogP contribution in [0.4, 0.5) is 22.1 Å². The highest BCUT2D eigenvalue weighted by Crippen LogP contribution is 2.35. The van der Waals surface area contributed by atoms with E-state index in [9.17, 15) is 9.59 Å². The minimum absolute atomic E-state index is 0.00000352. The van der Waals surface area contributed by atoms with Crippen molar-refractivity contribution in [3.63, 3.8) is 0 Å². The summed E-state index contributed by atoms with van der Waals surface area (Å²) in [5.74, 6) is 1.20. The molecule has 180 valence electrons. The van der Waals surface area contributed by atoms with Crippen LogP contribution in [0.1, 0.15) is 38.2 Å². The third-order valence-corrected chi connectivity index (χ3v) is 5.22. The number of nitrogens with one attached hydrogen (secondary N) is 1. The lowest BCUT2D eigenvalue weighted by atomic mass is 10.2. The summed E-state index contributed by atoms with van der Waals surface area (Å²) in [6.07, 6.45) is 3.17. The molecule has 3 rings (SSSR count). The maximum atomic E-state index is 13.0. The largest absolute Gasteiger partial charge is 0.492 e. The van der Waals surface area contributed by atoms with Crippen molar-refractivity contribution in [2.45, 2.75) is 33.7 Å². The van der Waals surface area contributed by atoms with Crippen LogP contribution < -0.4 is 15.0 Å². The fourth-order valence-corrected chi connectivity index (χ4v) is 3.19. The average molecular weight is 468 g/mol. The summed E-state index contributed by atoms with van der Waals surface area (Å²) in [4.78, 5) is 37.0. The van der Waals surface area contributed by atoms with Gasteiger partial charge < -0.3 is 15.0 Å². The molecule has 3 aromatic rings. The van der Waals surface area contributed by atoms with Gasteiger partial charge in [0.2, 0.25) is 0 Å². The van der Waals surface area contributed by atoms with Crippen LogP contribution in [-0.2, 0) is 7.05 Å². The van der Waals surface area contributed by atoms with Crippen LogP contribution >= 0.6 is 0 Å². The first kappa shape index (κ1) is 24.6. The Morgan fingerprint density at radius 2 is 1.97 bits per heavy atom. The number of aryl methyl sites for hydroxylation is 1. The van der Waals surface area contributed by atoms with Crippen LogP contribution in [0.3, 0.4) is 0 Å². The Hall–Kier alpha value is -4.09. The number of carbonyl (C=O) groups is 2. The second-order valence-corrected chi connectivity index (χ2v) is 7.86. The summed E-state index contributed by atoms with van der Waals surface area (Å²) in [5.41, 5.74) is 1.07. The van der Waals surface area contributed by atoms with Gasteiger partial charge in [-0.1, -0.05) is 0 Å². The topological polar surface area (TPSA) is 131 Å². The smallest absolute Gasteiger partial charge is 0.325 e. The number of aromatic nitrogens is 6. The average Bonchev–Trinajstić information content (AvgIpc) is 3.24. The van der Waals surface area contributed by atoms with Gasteiger partial charge in [0.25, 0.3) is 0 Å². The molecular weight excluding hydrogens is 438 g/mol. The van der Waals surface area contributed by atoms with Gasteiger partial charge in [0, 0.05) is 45.9 Å². The lowest BCUT2D eigenvalue weighted by Crippen LogP contribution is -2.44. The van der Waals surface area contributed by atoms with Gasteiger partial charge >= 0.3 is 6.03 Å². The molecule has 0 aromatic carbocycles. The number of nitrogens with zero attached hydrogens (tertiary/aromatic N) is 8. The number of pyridine rings is 1. The lowest BCUT2D eigenvalue weighted by Gasteiger charge is -2.29. The third-order valence-electron chi connectivity index (χ3n) is 5.22. The van der Waals surface area contributed by atoms with Crippen molar-refractivity contribution in [1.29, 1.82) is 0 Å². The van der Waals surface area contributed by atoms with Gasteiger partial charge in [-0.15, -0.1) is 10.2 Å². The summed E-state index contributed by atoms with van der Waals surface area (Å²) in [5, 5.41) is 15.7. The Balaban J connectivity index is 2.06. The van der Waals surface area contributed by atoms with Crippen LogP contribution in [-0.4, -0.2) is 73.4 Å². The number of rotatable bonds is 8. The summed E-state index contributed by atoms with van der Waals surface area (Å²) < 4.78 is 7.18. The van der Waals surface area contributed by atoms with Crippen LogP contribution in [0.5, 0.6) is 5.75 Å². The molecule has 34 heavy (non-hydrogen) atoms. The summed E-state index contributed by atoms with van der Waals surface area (Å²) in [7, 11) is 5.00. The summed E-state index contributed by atoms with van der Waals surface area (Å²) >= 11 is 0. The van der Waals surface area contributed by atoms with E-state index >= 15 is 0 Å². The minimum Gasteiger partial charge on any atom is -0.492 e. The number of ketones is 1. The number of carbonyl (C=O) groups excluding carboxylic acids is 2. The normalized spacial score (nSPS) is 10.8. The maximum absolute atomic E-state index is 13.0. The number of urea groups is 1. The third kappa shape index (κ3) is 4.95. The molecule has 0 atom stereocenters. The van der Waals surface area contributed by atoms with Crippen molar-refractivity contribution in [3.8, 4) is 17.1 Å². The molecule has 0 saturated carbocycles. The zero-order valence-electron chi connectivity index (χ0n) is 20.4. The van der Waals surface area contributed by atoms with E-state index in [0.29, 0.717) is 41.0 Å². The van der Waals surface area contributed by atoms with Crippen LogP contribution in [0.15, 0.2) is 24.7 Å². The van der Waals surface area contributed by atoms with E-state index in [1.54, 1.807) is 48.3 Å². The number of hydrogen-bond donors (Lipinski definition) is 1. The zero-order valence-corrected chi connectivity index (χ0v) is 20.4. The molecule has 12 nitrogen and oxygen atoms in total. The van der Waals surface area contributed by atoms with Gasteiger partial charge in [-0.3, -0.25) is 14.4 Å². The monoisotopic (exact) mass is 467 g/mol. The van der Waals surface area contributed by atoms with Crippen molar-refractivity contribution >= 4 is 29.1 Å². The molecule has 3 heterocycles. The van der Waals surface area contributed by atoms with Gasteiger partial charge in [0.15, 0.2) is 34.7 Å². The van der Waals surface area contributed by atoms with E-state index in [-0.39, 0.29) is 23.6 Å². The number of ether oxygens (including phenoxy) is 1. The SMILES string of the molecule is CCN(C(=O)N(C)C(C)C)c1cc(Nc2nccc(-c3ncn(C)n3)c2OC)c(C(C)=O)nn1. The van der Waals surface area contributed by atoms with Gasteiger partial charge in [-0.2, -0.15) is 5.10 Å². The molecule has 1 N–H and O–H groups in total. The molecule has 0 bridgehead atoms. The van der Waals surface area contributed by atoms with E-state index < -0.39 is 0 Å². The Morgan fingerprint density at radius 3 is 2.53 bits per heavy atom. The predicted octanol–water partition coefficient (Wildman–Crippen LogP) is 2.91. The molecule has 2 amide bonds. The van der Waals surface area contributed by atoms with Crippen LogP contribution in [0, 0.1) is 0 Å². The Bertz CT molecular complexity index is 1190. The Morgan fingerprint density at radius 1 is 1.24 bits per heavy atom. The van der Waals surface area contributed by atoms with E-state index in [1.807, 2.05) is 20.8 Å². The van der Waals surface area contributed by atoms with Crippen molar-refractivity contribution in [2.24, 2.45) is 7.05 Å². The number of anilines is 3. The predicted molar refractivity (Wildman–Crippen MR) is 127 cm³/mol. The quantitative estimate of drug-likeness (QED) is 0.497. The molecule has 0 aliphatic carbocycles. The van der Waals surface area contributed by atoms with Gasteiger partial charge in [0.05, 0.1) is 18.4 Å². The molecule has 0 aliphatic heterocycles. The van der Waals surface area contributed by atoms with Gasteiger partial charge in [-0.05, 0) is 26.8 Å². The number of Topliss-reactive ketones (excluding diaryl/α,β-unsaturated/α-hetero) is 1. The van der Waals surface area contributed by atoms with E-state index in [0.717, 1.165) is 0 Å². The van der Waals surface area contributed by atoms with Crippen molar-refractivity contribution < 1.29 is 14.3 Å². The molecule has 12 heteroatoms. The fourth-order valence-electron chi connectivity index (χ4n) is 3.19. The molecular formula is C22H29N9O3. The first-order valence-electron chi connectivity index (χ1n) is 10.8. The lowest BCUT2D eigenvalue weighted by molar-refractivity contribution is 0.101. The number of methoxy groups -OCH3 is 1. The van der Waals surface area contributed by atoms with Crippen molar-refractivity contribution in [1.82, 2.24) is 34.8 Å². The van der Waals surface area contributed by atoms with Gasteiger partial charge in [0.1, 0.15) is 6.33 Å². The first-order valence-corrected chi connectivity index (χ1v) is 10.8. The van der Waals surface area contributed by atoms with Crippen molar-refractivity contribution in [3.05, 3.63) is 30.4 Å². The minimum atomic E-state index is -0.295. The molecule has 3 aromatic heterocycles. The Labute approximate surface area is 198 Å². The summed E-state index contributed by atoms with van der Waals surface area (Å²) in [6, 6.07) is 3.11. The van der Waals surface area contributed by atoms with Crippen molar-refractivity contribution in [2.75, 3.05) is 30.9 Å². The Kier molecular flexibility index (Phi) is 7.39. The zero-order chi connectivity index (χ0) is 25.0. The summed E-state index contributed by atoms with van der Waals surface area (Å²) in [6.45, 7) is 7.44. The molecule has 0 saturated heterocycles. The molecule has 0 aliphatic rings. The van der Waals surface area contributed by atoms with E-state index in [2.05, 4.69) is 30.6 Å². The highest BCUT2D eigenvalue weighted by Gasteiger charge is 2.24. The number of hydrogen-bond acceptors (Lipinski definition) is 9. The number of amides is 2. The van der Waals surface area contributed by atoms with Crippen LogP contribution in [0.2, 0.25) is 0 Å². The second-order valence-electron chi connectivity index (χ2n) is 7.86. The maximum Gasteiger partial charge on any atom is 0.325 e. The fraction of sp³-hybridized carbons (Fsp3) is 0.409. The van der Waals surface area contributed by atoms with Gasteiger partial charge in [-0.25, -0.2) is 14.8 Å². The van der Waals surface area contributed by atoms with E-state index in [4.69, 9.17) is 4.74 Å². The highest BCUT2D eigenvalue weighted by atomic mass is 16.5. The molecule has 0 unspecified atom stereocenters. The molecule has 0 fully saturated rings. The standard InChI is InChI=1S/C22H29N9O3/c1-8-31(22(33)30(6)13(2)3)17-11-16(18(14(4)32)27-26-17)25-21-19(34-7)15(9-10-23-21)20-24-12-29(5)28-20/h9-13H,8H2,1-7H3,(H,23,25,26). The first-order chi connectivity index (χ1) is 16.2. The second kappa shape index (κ2) is 10.2. The van der Waals surface area contributed by atoms with E-state index in [1.165, 1.54) is 18.9 Å². The highest BCUT2D eigenvalue weighted by molar-refractivity contribution is 5.99. The molecule has 0 spiro atoms. The molecule has 0 radical (unpaired) electrons. The van der Waals surface area contributed by atoms with Crippen LogP contribution in [0.25, 0.3) is 11.4 Å².